The molecule has 0 radical (unpaired) electrons. The molecule has 118 valence electrons. The smallest absolute Gasteiger partial charge is 0.297 e. The molecule has 2 rings (SSSR count). The topological polar surface area (TPSA) is 52.6 Å². The molecule has 0 heterocycles. The molecular weight excluding hydrogens is 300 g/mol. The van der Waals surface area contributed by atoms with Crippen molar-refractivity contribution in [2.75, 3.05) is 7.11 Å². The van der Waals surface area contributed by atoms with Gasteiger partial charge in [0.2, 0.25) is 0 Å². The SMILES string of the molecule is COc1ccc(CC(C)OS(=O)(=O)c2ccc(C)cc2)cc1. The highest BCUT2D eigenvalue weighted by atomic mass is 32.2. The second kappa shape index (κ2) is 6.94. The zero-order chi connectivity index (χ0) is 16.2. The van der Waals surface area contributed by atoms with E-state index in [4.69, 9.17) is 8.92 Å². The summed E-state index contributed by atoms with van der Waals surface area (Å²) in [6.45, 7) is 3.65. The Labute approximate surface area is 131 Å². The van der Waals surface area contributed by atoms with Crippen LogP contribution in [0.25, 0.3) is 0 Å². The Morgan fingerprint density at radius 2 is 1.59 bits per heavy atom. The van der Waals surface area contributed by atoms with Crippen LogP contribution in [0.4, 0.5) is 0 Å². The number of rotatable bonds is 6. The Morgan fingerprint density at radius 3 is 2.14 bits per heavy atom. The fraction of sp³-hybridized carbons (Fsp3) is 0.294. The average Bonchev–Trinajstić information content (AvgIpc) is 2.48. The van der Waals surface area contributed by atoms with E-state index in [1.54, 1.807) is 38.3 Å². The van der Waals surface area contributed by atoms with Crippen molar-refractivity contribution in [2.24, 2.45) is 0 Å². The third kappa shape index (κ3) is 4.32. The fourth-order valence-electron chi connectivity index (χ4n) is 2.10. The maximum atomic E-state index is 12.2. The number of hydrogen-bond donors (Lipinski definition) is 0. The van der Waals surface area contributed by atoms with Crippen molar-refractivity contribution < 1.29 is 17.3 Å². The lowest BCUT2D eigenvalue weighted by atomic mass is 10.1. The molecule has 0 aliphatic rings. The molecule has 22 heavy (non-hydrogen) atoms. The van der Waals surface area contributed by atoms with E-state index in [0.29, 0.717) is 6.42 Å². The van der Waals surface area contributed by atoms with Crippen LogP contribution >= 0.6 is 0 Å². The predicted molar refractivity (Wildman–Crippen MR) is 85.6 cm³/mol. The summed E-state index contributed by atoms with van der Waals surface area (Å²) in [5.74, 6) is 0.768. The van der Waals surface area contributed by atoms with Crippen molar-refractivity contribution >= 4 is 10.1 Å². The zero-order valence-electron chi connectivity index (χ0n) is 12.9. The molecule has 0 aliphatic carbocycles. The van der Waals surface area contributed by atoms with Gasteiger partial charge in [-0.05, 0) is 50.1 Å². The van der Waals surface area contributed by atoms with Gasteiger partial charge in [-0.3, -0.25) is 4.18 Å². The highest BCUT2D eigenvalue weighted by Gasteiger charge is 2.19. The van der Waals surface area contributed by atoms with E-state index in [9.17, 15) is 8.42 Å². The van der Waals surface area contributed by atoms with Gasteiger partial charge >= 0.3 is 0 Å². The summed E-state index contributed by atoms with van der Waals surface area (Å²) in [5.41, 5.74) is 2.00. The minimum absolute atomic E-state index is 0.180. The Morgan fingerprint density at radius 1 is 1.00 bits per heavy atom. The van der Waals surface area contributed by atoms with Gasteiger partial charge in [0, 0.05) is 0 Å². The quantitative estimate of drug-likeness (QED) is 0.766. The highest BCUT2D eigenvalue weighted by Crippen LogP contribution is 2.18. The van der Waals surface area contributed by atoms with Gasteiger partial charge in [0.15, 0.2) is 0 Å². The number of hydrogen-bond acceptors (Lipinski definition) is 4. The largest absolute Gasteiger partial charge is 0.497 e. The summed E-state index contributed by atoms with van der Waals surface area (Å²) in [6.07, 6.45) is 0.0643. The van der Waals surface area contributed by atoms with Gasteiger partial charge in [0.1, 0.15) is 5.75 Å². The summed E-state index contributed by atoms with van der Waals surface area (Å²) in [7, 11) is -2.13. The summed E-state index contributed by atoms with van der Waals surface area (Å²) in [4.78, 5) is 0.180. The van der Waals surface area contributed by atoms with Crippen LogP contribution in [0.5, 0.6) is 5.75 Å². The second-order valence-electron chi connectivity index (χ2n) is 5.23. The molecule has 1 unspecified atom stereocenters. The number of methoxy groups -OCH3 is 1. The minimum Gasteiger partial charge on any atom is -0.497 e. The molecule has 0 saturated heterocycles. The van der Waals surface area contributed by atoms with E-state index in [0.717, 1.165) is 16.9 Å². The lowest BCUT2D eigenvalue weighted by molar-refractivity contribution is 0.229. The molecule has 0 saturated carbocycles. The molecule has 0 amide bonds. The van der Waals surface area contributed by atoms with Crippen molar-refractivity contribution in [2.45, 2.75) is 31.3 Å². The van der Waals surface area contributed by atoms with Gasteiger partial charge in [0.25, 0.3) is 10.1 Å². The van der Waals surface area contributed by atoms with Gasteiger partial charge in [0.05, 0.1) is 18.1 Å². The first-order valence-corrected chi connectivity index (χ1v) is 8.44. The summed E-state index contributed by atoms with van der Waals surface area (Å²) in [6, 6.07) is 14.1. The Kier molecular flexibility index (Phi) is 5.21. The van der Waals surface area contributed by atoms with Crippen molar-refractivity contribution in [3.8, 4) is 5.75 Å². The standard InChI is InChI=1S/C17H20O4S/c1-13-4-10-17(11-5-13)22(18,19)21-14(2)12-15-6-8-16(20-3)9-7-15/h4-11,14H,12H2,1-3H3. The van der Waals surface area contributed by atoms with Crippen molar-refractivity contribution in [3.05, 3.63) is 59.7 Å². The van der Waals surface area contributed by atoms with Crippen LogP contribution in [-0.2, 0) is 20.7 Å². The van der Waals surface area contributed by atoms with Crippen LogP contribution in [0.15, 0.2) is 53.4 Å². The van der Waals surface area contributed by atoms with Gasteiger partial charge in [-0.1, -0.05) is 29.8 Å². The normalized spacial score (nSPS) is 12.9. The van der Waals surface area contributed by atoms with Crippen molar-refractivity contribution in [1.82, 2.24) is 0 Å². The molecule has 0 aromatic heterocycles. The second-order valence-corrected chi connectivity index (χ2v) is 6.80. The first kappa shape index (κ1) is 16.5. The highest BCUT2D eigenvalue weighted by molar-refractivity contribution is 7.86. The van der Waals surface area contributed by atoms with Crippen LogP contribution in [0.1, 0.15) is 18.1 Å². The lowest BCUT2D eigenvalue weighted by Gasteiger charge is -2.13. The predicted octanol–water partition coefficient (Wildman–Crippen LogP) is 3.34. The van der Waals surface area contributed by atoms with Crippen LogP contribution in [0.3, 0.4) is 0 Å². The van der Waals surface area contributed by atoms with E-state index < -0.39 is 16.2 Å². The van der Waals surface area contributed by atoms with Crippen LogP contribution in [-0.4, -0.2) is 21.6 Å². The van der Waals surface area contributed by atoms with Gasteiger partial charge in [-0.15, -0.1) is 0 Å². The zero-order valence-corrected chi connectivity index (χ0v) is 13.8. The molecule has 0 N–H and O–H groups in total. The molecule has 0 spiro atoms. The maximum absolute atomic E-state index is 12.2. The van der Waals surface area contributed by atoms with Crippen molar-refractivity contribution in [1.29, 1.82) is 0 Å². The molecule has 0 fully saturated rings. The fourth-order valence-corrected chi connectivity index (χ4v) is 3.19. The molecule has 4 nitrogen and oxygen atoms in total. The van der Waals surface area contributed by atoms with Crippen LogP contribution in [0, 0.1) is 6.92 Å². The van der Waals surface area contributed by atoms with E-state index in [2.05, 4.69) is 0 Å². The van der Waals surface area contributed by atoms with Gasteiger partial charge < -0.3 is 4.74 Å². The Balaban J connectivity index is 2.03. The first-order valence-electron chi connectivity index (χ1n) is 7.03. The molecule has 0 bridgehead atoms. The molecule has 5 heteroatoms. The van der Waals surface area contributed by atoms with E-state index >= 15 is 0 Å². The number of benzene rings is 2. The van der Waals surface area contributed by atoms with E-state index in [1.165, 1.54) is 0 Å². The third-order valence-corrected chi connectivity index (χ3v) is 4.71. The van der Waals surface area contributed by atoms with Crippen LogP contribution in [0.2, 0.25) is 0 Å². The van der Waals surface area contributed by atoms with E-state index in [-0.39, 0.29) is 4.90 Å². The average molecular weight is 320 g/mol. The summed E-state index contributed by atoms with van der Waals surface area (Å²) in [5, 5.41) is 0. The molecule has 0 aliphatic heterocycles. The molecular formula is C17H20O4S. The Bertz CT molecular complexity index is 703. The number of ether oxygens (including phenoxy) is 1. The third-order valence-electron chi connectivity index (χ3n) is 3.28. The Hall–Kier alpha value is -1.85. The van der Waals surface area contributed by atoms with Gasteiger partial charge in [-0.2, -0.15) is 8.42 Å². The summed E-state index contributed by atoms with van der Waals surface area (Å²) < 4.78 is 34.8. The maximum Gasteiger partial charge on any atom is 0.297 e. The molecule has 1 atom stereocenters. The van der Waals surface area contributed by atoms with E-state index in [1.807, 2.05) is 31.2 Å². The van der Waals surface area contributed by atoms with Crippen molar-refractivity contribution in [3.63, 3.8) is 0 Å². The monoisotopic (exact) mass is 320 g/mol. The first-order chi connectivity index (χ1) is 10.4. The van der Waals surface area contributed by atoms with Gasteiger partial charge in [-0.25, -0.2) is 0 Å². The minimum atomic E-state index is -3.73. The number of aryl methyl sites for hydroxylation is 1. The van der Waals surface area contributed by atoms with Crippen LogP contribution < -0.4 is 4.74 Å². The summed E-state index contributed by atoms with van der Waals surface area (Å²) >= 11 is 0. The lowest BCUT2D eigenvalue weighted by Crippen LogP contribution is -2.17. The molecule has 2 aromatic rings. The molecule has 2 aromatic carbocycles.